The normalized spacial score (nSPS) is 11.6. The van der Waals surface area contributed by atoms with Crippen molar-refractivity contribution >= 4 is 15.7 Å². The minimum Gasteiger partial charge on any atom is -0.349 e. The van der Waals surface area contributed by atoms with Crippen LogP contribution in [0.2, 0.25) is 0 Å². The molecule has 0 unspecified atom stereocenters. The van der Waals surface area contributed by atoms with E-state index >= 15 is 0 Å². The van der Waals surface area contributed by atoms with Crippen molar-refractivity contribution in [3.63, 3.8) is 0 Å². The highest BCUT2D eigenvalue weighted by atomic mass is 32.2. The van der Waals surface area contributed by atoms with Gasteiger partial charge in [-0.1, -0.05) is 12.1 Å². The Kier molecular flexibility index (Phi) is 4.97. The van der Waals surface area contributed by atoms with Gasteiger partial charge in [0.25, 0.3) is 0 Å². The summed E-state index contributed by atoms with van der Waals surface area (Å²) in [5.41, 5.74) is 0.764. The molecule has 1 aromatic carbocycles. The van der Waals surface area contributed by atoms with E-state index in [0.29, 0.717) is 12.4 Å². The Labute approximate surface area is 129 Å². The van der Waals surface area contributed by atoms with Crippen molar-refractivity contribution in [2.24, 2.45) is 0 Å². The number of benzene rings is 1. The van der Waals surface area contributed by atoms with Crippen LogP contribution >= 0.6 is 0 Å². The molecule has 22 heavy (non-hydrogen) atoms. The van der Waals surface area contributed by atoms with Gasteiger partial charge in [-0.2, -0.15) is 0 Å². The number of aromatic amines is 1. The zero-order valence-corrected chi connectivity index (χ0v) is 13.4. The van der Waals surface area contributed by atoms with Crippen LogP contribution in [-0.2, 0) is 27.6 Å². The van der Waals surface area contributed by atoms with Gasteiger partial charge in [-0.15, -0.1) is 0 Å². The van der Waals surface area contributed by atoms with Gasteiger partial charge in [-0.05, 0) is 31.5 Å². The Hall–Kier alpha value is -2.15. The van der Waals surface area contributed by atoms with E-state index in [1.54, 1.807) is 50.5 Å². The van der Waals surface area contributed by atoms with Gasteiger partial charge < -0.3 is 10.3 Å². The maximum absolute atomic E-state index is 12.0. The molecule has 0 spiro atoms. The Morgan fingerprint density at radius 3 is 2.50 bits per heavy atom. The highest BCUT2D eigenvalue weighted by molar-refractivity contribution is 7.92. The number of hydrogen-bond donors (Lipinski definition) is 2. The van der Waals surface area contributed by atoms with Crippen LogP contribution in [0.4, 0.5) is 0 Å². The lowest BCUT2D eigenvalue weighted by Crippen LogP contribution is -2.25. The van der Waals surface area contributed by atoms with E-state index in [1.165, 1.54) is 0 Å². The molecule has 2 rings (SSSR count). The fourth-order valence-corrected chi connectivity index (χ4v) is 2.95. The largest absolute Gasteiger partial charge is 0.349 e. The summed E-state index contributed by atoms with van der Waals surface area (Å²) >= 11 is 0. The second-order valence-electron chi connectivity index (χ2n) is 5.23. The number of aromatic nitrogens is 2. The predicted molar refractivity (Wildman–Crippen MR) is 82.9 cm³/mol. The molecule has 118 valence electrons. The monoisotopic (exact) mass is 321 g/mol. The molecule has 6 nitrogen and oxygen atoms in total. The van der Waals surface area contributed by atoms with E-state index in [1.807, 2.05) is 0 Å². The molecule has 0 bridgehead atoms. The minimum atomic E-state index is -3.27. The molecule has 0 aliphatic carbocycles. The van der Waals surface area contributed by atoms with Crippen molar-refractivity contribution in [1.82, 2.24) is 15.3 Å². The van der Waals surface area contributed by atoms with Crippen LogP contribution in [0.1, 0.15) is 25.2 Å². The number of amides is 1. The number of nitrogens with one attached hydrogen (secondary N) is 2. The lowest BCUT2D eigenvalue weighted by molar-refractivity contribution is -0.120. The second-order valence-corrected chi connectivity index (χ2v) is 7.73. The number of carbonyl (C=O) groups excluding carboxylic acids is 1. The molecule has 2 N–H and O–H groups in total. The van der Waals surface area contributed by atoms with Crippen LogP contribution in [0.5, 0.6) is 0 Å². The maximum atomic E-state index is 12.0. The van der Waals surface area contributed by atoms with Crippen molar-refractivity contribution in [3.05, 3.63) is 48.0 Å². The fraction of sp³-hybridized carbons (Fsp3) is 0.333. The third-order valence-electron chi connectivity index (χ3n) is 3.25. The van der Waals surface area contributed by atoms with Crippen molar-refractivity contribution in [2.45, 2.75) is 37.0 Å². The smallest absolute Gasteiger partial charge is 0.224 e. The molecule has 0 aliphatic rings. The Balaban J connectivity index is 1.95. The van der Waals surface area contributed by atoms with Gasteiger partial charge >= 0.3 is 0 Å². The summed E-state index contributed by atoms with van der Waals surface area (Å²) in [7, 11) is -3.27. The van der Waals surface area contributed by atoms with Gasteiger partial charge in [0.15, 0.2) is 9.84 Å². The van der Waals surface area contributed by atoms with Gasteiger partial charge in [-0.25, -0.2) is 13.4 Å². The van der Waals surface area contributed by atoms with Gasteiger partial charge in [0.05, 0.1) is 23.1 Å². The van der Waals surface area contributed by atoms with Crippen molar-refractivity contribution < 1.29 is 13.2 Å². The first-order valence-corrected chi connectivity index (χ1v) is 8.52. The van der Waals surface area contributed by atoms with Crippen molar-refractivity contribution in [3.8, 4) is 0 Å². The molecule has 1 amide bonds. The number of imidazole rings is 1. The quantitative estimate of drug-likeness (QED) is 0.842. The zero-order chi connectivity index (χ0) is 16.2. The van der Waals surface area contributed by atoms with Gasteiger partial charge in [-0.3, -0.25) is 4.79 Å². The Bertz CT molecular complexity index is 720. The van der Waals surface area contributed by atoms with Crippen molar-refractivity contribution in [2.75, 3.05) is 0 Å². The molecule has 0 radical (unpaired) electrons. The first-order chi connectivity index (χ1) is 10.4. The number of sulfone groups is 1. The molecule has 0 atom stereocenters. The zero-order valence-electron chi connectivity index (χ0n) is 12.5. The third-order valence-corrected chi connectivity index (χ3v) is 5.42. The molecule has 0 aliphatic heterocycles. The molecule has 7 heteroatoms. The number of carbonyl (C=O) groups is 1. The Morgan fingerprint density at radius 1 is 1.27 bits per heavy atom. The van der Waals surface area contributed by atoms with Gasteiger partial charge in [0, 0.05) is 12.4 Å². The number of hydrogen-bond acceptors (Lipinski definition) is 4. The first-order valence-electron chi connectivity index (χ1n) is 6.97. The third kappa shape index (κ3) is 3.94. The van der Waals surface area contributed by atoms with E-state index in [0.717, 1.165) is 5.56 Å². The number of H-pyrrole nitrogens is 1. The molecular weight excluding hydrogens is 302 g/mol. The van der Waals surface area contributed by atoms with Crippen LogP contribution in [0, 0.1) is 0 Å². The van der Waals surface area contributed by atoms with E-state index in [2.05, 4.69) is 15.3 Å². The molecule has 2 aromatic rings. The molecule has 0 fully saturated rings. The highest BCUT2D eigenvalue weighted by Gasteiger charge is 2.18. The van der Waals surface area contributed by atoms with Gasteiger partial charge in [0.1, 0.15) is 5.82 Å². The van der Waals surface area contributed by atoms with Crippen molar-refractivity contribution in [1.29, 1.82) is 0 Å². The van der Waals surface area contributed by atoms with E-state index < -0.39 is 15.1 Å². The minimum absolute atomic E-state index is 0.143. The number of nitrogens with zero attached hydrogens (tertiary/aromatic N) is 1. The molecule has 0 saturated carbocycles. The molecule has 1 heterocycles. The summed E-state index contributed by atoms with van der Waals surface area (Å²) in [4.78, 5) is 19.0. The van der Waals surface area contributed by atoms with Crippen LogP contribution in [0.25, 0.3) is 0 Å². The van der Waals surface area contributed by atoms with E-state index in [9.17, 15) is 13.2 Å². The molecular formula is C15H19N3O3S. The average Bonchev–Trinajstić information content (AvgIpc) is 2.99. The summed E-state index contributed by atoms with van der Waals surface area (Å²) in [5.74, 6) is 0.544. The fourth-order valence-electron chi connectivity index (χ4n) is 1.89. The lowest BCUT2D eigenvalue weighted by atomic mass is 10.1. The standard InChI is InChI=1S/C15H19N3O3S/c1-11(2)22(20,21)13-5-3-12(4-6-13)9-15(19)18-10-14-16-7-8-17-14/h3-8,11H,9-10H2,1-2H3,(H,16,17)(H,18,19). The summed E-state index contributed by atoms with van der Waals surface area (Å²) in [5, 5.41) is 2.28. The van der Waals surface area contributed by atoms with E-state index in [-0.39, 0.29) is 17.2 Å². The summed E-state index contributed by atoms with van der Waals surface area (Å²) in [6.07, 6.45) is 3.51. The molecule has 1 aromatic heterocycles. The lowest BCUT2D eigenvalue weighted by Gasteiger charge is -2.08. The summed E-state index contributed by atoms with van der Waals surface area (Å²) < 4.78 is 24.0. The SMILES string of the molecule is CC(C)S(=O)(=O)c1ccc(CC(=O)NCc2ncc[nH]2)cc1. The summed E-state index contributed by atoms with van der Waals surface area (Å²) in [6.45, 7) is 3.63. The predicted octanol–water partition coefficient (Wildman–Crippen LogP) is 1.45. The number of rotatable bonds is 6. The Morgan fingerprint density at radius 2 is 1.95 bits per heavy atom. The summed E-state index contributed by atoms with van der Waals surface area (Å²) in [6, 6.07) is 6.43. The first kappa shape index (κ1) is 16.2. The van der Waals surface area contributed by atoms with Crippen LogP contribution in [0.15, 0.2) is 41.6 Å². The van der Waals surface area contributed by atoms with Crippen LogP contribution in [0.3, 0.4) is 0 Å². The van der Waals surface area contributed by atoms with Crippen LogP contribution in [-0.4, -0.2) is 29.5 Å². The average molecular weight is 321 g/mol. The van der Waals surface area contributed by atoms with Crippen LogP contribution < -0.4 is 5.32 Å². The molecule has 0 saturated heterocycles. The van der Waals surface area contributed by atoms with E-state index in [4.69, 9.17) is 0 Å². The highest BCUT2D eigenvalue weighted by Crippen LogP contribution is 2.16. The second kappa shape index (κ2) is 6.74. The topological polar surface area (TPSA) is 91.9 Å². The van der Waals surface area contributed by atoms with Gasteiger partial charge in [0.2, 0.25) is 5.91 Å². The maximum Gasteiger partial charge on any atom is 0.224 e.